The van der Waals surface area contributed by atoms with Crippen LogP contribution < -0.4 is 15.4 Å². The zero-order chi connectivity index (χ0) is 31.1. The summed E-state index contributed by atoms with van der Waals surface area (Å²) in [5.74, 6) is 1.07. The molecule has 0 unspecified atom stereocenters. The standard InChI is InChI=1S/C32H43F3N4O4/c1-21-17-39(22(2)20-40)30(41)16-24-15-27(37-31(42)36-26-11-9-25(10-12-26)32(33,34)35)13-14-28(24)43-29(21)19-38(3)18-23-7-5-4-6-8-23/h9-15,21-23,29,40H,4-8,16-20H2,1-3H3,(H2,36,37,42)/t21-,22-,29+/m1/s1. The molecule has 4 rings (SSSR count). The predicted octanol–water partition coefficient (Wildman–Crippen LogP) is 6.01. The van der Waals surface area contributed by atoms with Gasteiger partial charge in [-0.15, -0.1) is 0 Å². The molecule has 43 heavy (non-hydrogen) atoms. The maximum Gasteiger partial charge on any atom is 0.416 e. The van der Waals surface area contributed by atoms with E-state index < -0.39 is 17.8 Å². The minimum atomic E-state index is -4.47. The number of rotatable bonds is 8. The minimum absolute atomic E-state index is 0.00924. The highest BCUT2D eigenvalue weighted by molar-refractivity contribution is 6.00. The Morgan fingerprint density at radius 3 is 2.37 bits per heavy atom. The number of carbonyl (C=O) groups excluding carboxylic acids is 2. The molecule has 3 amide bonds. The van der Waals surface area contributed by atoms with Gasteiger partial charge in [0.2, 0.25) is 5.91 Å². The molecular weight excluding hydrogens is 561 g/mol. The molecule has 1 aliphatic heterocycles. The summed E-state index contributed by atoms with van der Waals surface area (Å²) in [6.07, 6.45) is 1.68. The van der Waals surface area contributed by atoms with Crippen molar-refractivity contribution in [3.8, 4) is 5.75 Å². The van der Waals surface area contributed by atoms with Gasteiger partial charge < -0.3 is 30.3 Å². The number of anilines is 2. The summed E-state index contributed by atoms with van der Waals surface area (Å²) in [7, 11) is 2.11. The lowest BCUT2D eigenvalue weighted by Gasteiger charge is -2.35. The number of aliphatic hydroxyl groups is 1. The molecule has 1 saturated carbocycles. The molecule has 236 valence electrons. The van der Waals surface area contributed by atoms with E-state index in [1.165, 1.54) is 44.2 Å². The van der Waals surface area contributed by atoms with Gasteiger partial charge in [0.1, 0.15) is 11.9 Å². The van der Waals surface area contributed by atoms with E-state index in [9.17, 15) is 27.9 Å². The van der Waals surface area contributed by atoms with E-state index in [1.807, 2.05) is 6.92 Å². The number of hydrogen-bond acceptors (Lipinski definition) is 5. The zero-order valence-electron chi connectivity index (χ0n) is 25.1. The lowest BCUT2D eigenvalue weighted by atomic mass is 9.89. The smallest absolute Gasteiger partial charge is 0.416 e. The Hall–Kier alpha value is -3.31. The number of amides is 3. The Morgan fingerprint density at radius 2 is 1.72 bits per heavy atom. The topological polar surface area (TPSA) is 94.1 Å². The fourth-order valence-electron chi connectivity index (χ4n) is 5.95. The first-order chi connectivity index (χ1) is 20.4. The van der Waals surface area contributed by atoms with Crippen LogP contribution in [0.2, 0.25) is 0 Å². The number of fused-ring (bicyclic) bond motifs is 1. The first-order valence-corrected chi connectivity index (χ1v) is 15.1. The van der Waals surface area contributed by atoms with Gasteiger partial charge in [-0.05, 0) is 75.2 Å². The molecule has 1 fully saturated rings. The molecule has 3 N–H and O–H groups in total. The zero-order valence-corrected chi connectivity index (χ0v) is 25.1. The number of alkyl halides is 3. The fraction of sp³-hybridized carbons (Fsp3) is 0.562. The van der Waals surface area contributed by atoms with Crippen LogP contribution in [0.15, 0.2) is 42.5 Å². The third-order valence-corrected chi connectivity index (χ3v) is 8.43. The van der Waals surface area contributed by atoms with Crippen LogP contribution in [0, 0.1) is 11.8 Å². The lowest BCUT2D eigenvalue weighted by molar-refractivity contribution is -0.137. The third-order valence-electron chi connectivity index (χ3n) is 8.43. The predicted molar refractivity (Wildman–Crippen MR) is 160 cm³/mol. The summed E-state index contributed by atoms with van der Waals surface area (Å²) in [5.41, 5.74) is 0.397. The van der Waals surface area contributed by atoms with Gasteiger partial charge in [-0.3, -0.25) is 4.79 Å². The number of urea groups is 1. The molecule has 2 aromatic rings. The number of halogens is 3. The highest BCUT2D eigenvalue weighted by Gasteiger charge is 2.32. The number of hydrogen-bond donors (Lipinski definition) is 3. The number of benzene rings is 2. The Morgan fingerprint density at radius 1 is 1.07 bits per heavy atom. The van der Waals surface area contributed by atoms with E-state index >= 15 is 0 Å². The molecule has 3 atom stereocenters. The third kappa shape index (κ3) is 9.09. The average Bonchev–Trinajstić information content (AvgIpc) is 3.00. The highest BCUT2D eigenvalue weighted by atomic mass is 19.4. The van der Waals surface area contributed by atoms with Crippen LogP contribution in [0.25, 0.3) is 0 Å². The second kappa shape index (κ2) is 14.4. The summed E-state index contributed by atoms with van der Waals surface area (Å²) in [6, 6.07) is 8.25. The maximum atomic E-state index is 13.5. The molecular formula is C32H43F3N4O4. The summed E-state index contributed by atoms with van der Waals surface area (Å²) < 4.78 is 45.2. The first-order valence-electron chi connectivity index (χ1n) is 15.1. The molecule has 0 bridgehead atoms. The summed E-state index contributed by atoms with van der Waals surface area (Å²) in [4.78, 5) is 30.1. The van der Waals surface area contributed by atoms with E-state index in [2.05, 4.69) is 29.5 Å². The van der Waals surface area contributed by atoms with Crippen molar-refractivity contribution in [1.82, 2.24) is 9.80 Å². The lowest BCUT2D eigenvalue weighted by Crippen LogP contribution is -2.48. The summed E-state index contributed by atoms with van der Waals surface area (Å²) in [5, 5.41) is 15.1. The summed E-state index contributed by atoms with van der Waals surface area (Å²) in [6.45, 7) is 5.84. The van der Waals surface area contributed by atoms with Gasteiger partial charge in [0.25, 0.3) is 0 Å². The quantitative estimate of drug-likeness (QED) is 0.343. The molecule has 0 saturated heterocycles. The maximum absolute atomic E-state index is 13.5. The Labute approximate surface area is 251 Å². The van der Waals surface area contributed by atoms with Gasteiger partial charge in [-0.2, -0.15) is 13.2 Å². The van der Waals surface area contributed by atoms with Crippen LogP contribution in [0.5, 0.6) is 5.75 Å². The average molecular weight is 605 g/mol. The fourth-order valence-corrected chi connectivity index (χ4v) is 5.95. The van der Waals surface area contributed by atoms with Crippen molar-refractivity contribution in [2.45, 2.75) is 70.7 Å². The highest BCUT2D eigenvalue weighted by Crippen LogP contribution is 2.31. The van der Waals surface area contributed by atoms with Crippen molar-refractivity contribution in [1.29, 1.82) is 0 Å². The van der Waals surface area contributed by atoms with Crippen molar-refractivity contribution in [3.63, 3.8) is 0 Å². The first kappa shape index (κ1) is 32.6. The molecule has 2 aliphatic rings. The van der Waals surface area contributed by atoms with Gasteiger partial charge in [0.15, 0.2) is 0 Å². The number of nitrogens with one attached hydrogen (secondary N) is 2. The van der Waals surface area contributed by atoms with E-state index in [1.54, 1.807) is 23.1 Å². The monoisotopic (exact) mass is 604 g/mol. The van der Waals surface area contributed by atoms with Gasteiger partial charge in [0, 0.05) is 42.5 Å². The molecule has 0 spiro atoms. The van der Waals surface area contributed by atoms with E-state index in [4.69, 9.17) is 4.74 Å². The molecule has 11 heteroatoms. The van der Waals surface area contributed by atoms with Crippen molar-refractivity contribution in [2.24, 2.45) is 11.8 Å². The SMILES string of the molecule is C[C@@H]1CN([C@H](C)CO)C(=O)Cc2cc(NC(=O)Nc3ccc(C(F)(F)F)cc3)ccc2O[C@H]1CN(C)CC1CCCCC1. The molecule has 1 aliphatic carbocycles. The molecule has 2 aromatic carbocycles. The molecule has 0 aromatic heterocycles. The van der Waals surface area contributed by atoms with Crippen LogP contribution in [0.1, 0.15) is 57.1 Å². The van der Waals surface area contributed by atoms with Crippen molar-refractivity contribution in [3.05, 3.63) is 53.6 Å². The van der Waals surface area contributed by atoms with Gasteiger partial charge in [0.05, 0.1) is 24.6 Å². The second-order valence-corrected chi connectivity index (χ2v) is 12.1. The number of carbonyl (C=O) groups is 2. The van der Waals surface area contributed by atoms with Crippen LogP contribution in [-0.2, 0) is 17.4 Å². The molecule has 0 radical (unpaired) electrons. The number of nitrogens with zero attached hydrogens (tertiary/aromatic N) is 2. The molecule has 8 nitrogen and oxygen atoms in total. The second-order valence-electron chi connectivity index (χ2n) is 12.1. The summed E-state index contributed by atoms with van der Waals surface area (Å²) >= 11 is 0. The van der Waals surface area contributed by atoms with Gasteiger partial charge >= 0.3 is 12.2 Å². The number of ether oxygens (including phenoxy) is 1. The Balaban J connectivity index is 1.51. The van der Waals surface area contributed by atoms with Gasteiger partial charge in [-0.25, -0.2) is 4.79 Å². The molecule has 1 heterocycles. The number of aliphatic hydroxyl groups excluding tert-OH is 1. The Kier molecular flexibility index (Phi) is 10.9. The van der Waals surface area contributed by atoms with Crippen LogP contribution in [-0.4, -0.2) is 72.3 Å². The number of likely N-dealkylation sites (N-methyl/N-ethyl adjacent to an activating group) is 1. The van der Waals surface area contributed by atoms with Crippen molar-refractivity contribution in [2.75, 3.05) is 43.9 Å². The van der Waals surface area contributed by atoms with E-state index in [-0.39, 0.29) is 42.7 Å². The van der Waals surface area contributed by atoms with E-state index in [0.29, 0.717) is 36.0 Å². The van der Waals surface area contributed by atoms with Crippen molar-refractivity contribution >= 4 is 23.3 Å². The van der Waals surface area contributed by atoms with Gasteiger partial charge in [-0.1, -0.05) is 26.2 Å². The normalized spacial score (nSPS) is 20.8. The minimum Gasteiger partial charge on any atom is -0.488 e. The van der Waals surface area contributed by atoms with E-state index in [0.717, 1.165) is 18.7 Å². The largest absolute Gasteiger partial charge is 0.488 e. The van der Waals surface area contributed by atoms with Crippen LogP contribution >= 0.6 is 0 Å². The van der Waals surface area contributed by atoms with Crippen LogP contribution in [0.4, 0.5) is 29.3 Å². The Bertz CT molecular complexity index is 1230. The van der Waals surface area contributed by atoms with Crippen LogP contribution in [0.3, 0.4) is 0 Å². The van der Waals surface area contributed by atoms with Crippen molar-refractivity contribution < 1.29 is 32.6 Å².